The van der Waals surface area contributed by atoms with Gasteiger partial charge in [-0.3, -0.25) is 9.59 Å². The number of aliphatic hydroxyl groups is 1. The van der Waals surface area contributed by atoms with Gasteiger partial charge in [0, 0.05) is 37.2 Å². The molecule has 1 saturated heterocycles. The van der Waals surface area contributed by atoms with Crippen molar-refractivity contribution < 1.29 is 33.7 Å². The van der Waals surface area contributed by atoms with Crippen molar-refractivity contribution in [1.29, 1.82) is 0 Å². The average Bonchev–Trinajstić information content (AvgIpc) is 3.00. The van der Waals surface area contributed by atoms with E-state index < -0.39 is 36.2 Å². The van der Waals surface area contributed by atoms with Crippen molar-refractivity contribution in [2.24, 2.45) is 23.7 Å². The molecule has 1 heterocycles. The van der Waals surface area contributed by atoms with Crippen LogP contribution in [0.2, 0.25) is 0 Å². The summed E-state index contributed by atoms with van der Waals surface area (Å²) < 4.78 is 16.3. The Morgan fingerprint density at radius 2 is 1.88 bits per heavy atom. The lowest BCUT2D eigenvalue weighted by Crippen LogP contribution is -2.37. The second kappa shape index (κ2) is 6.87. The molecule has 142 valence electrons. The third-order valence-electron chi connectivity index (χ3n) is 5.83. The molecule has 0 unspecified atom stereocenters. The van der Waals surface area contributed by atoms with Crippen molar-refractivity contribution >= 4 is 17.9 Å². The van der Waals surface area contributed by atoms with Gasteiger partial charge < -0.3 is 19.3 Å². The summed E-state index contributed by atoms with van der Waals surface area (Å²) >= 11 is 0. The van der Waals surface area contributed by atoms with Crippen LogP contribution in [0.4, 0.5) is 0 Å². The first-order chi connectivity index (χ1) is 12.2. The van der Waals surface area contributed by atoms with Gasteiger partial charge in [0.25, 0.3) is 0 Å². The summed E-state index contributed by atoms with van der Waals surface area (Å²) in [5.74, 6) is -2.50. The first-order valence-electron chi connectivity index (χ1n) is 8.77. The Hall–Kier alpha value is -2.15. The molecular weight excluding hydrogens is 340 g/mol. The molecule has 0 aromatic heterocycles. The molecule has 0 radical (unpaired) electrons. The van der Waals surface area contributed by atoms with Crippen LogP contribution in [0.5, 0.6) is 0 Å². The molecule has 7 nitrogen and oxygen atoms in total. The van der Waals surface area contributed by atoms with Gasteiger partial charge in [-0.25, -0.2) is 4.79 Å². The number of fused-ring (bicyclic) bond motifs is 3. The fourth-order valence-electron chi connectivity index (χ4n) is 4.67. The number of hydrogen-bond acceptors (Lipinski definition) is 7. The van der Waals surface area contributed by atoms with Crippen LogP contribution in [0, 0.1) is 23.7 Å². The normalized spacial score (nSPS) is 38.9. The smallest absolute Gasteiger partial charge is 0.334 e. The number of carbonyl (C=O) groups is 3. The minimum atomic E-state index is -0.797. The molecule has 2 aliphatic carbocycles. The van der Waals surface area contributed by atoms with Gasteiger partial charge in [-0.15, -0.1) is 0 Å². The Morgan fingerprint density at radius 1 is 1.19 bits per heavy atom. The summed E-state index contributed by atoms with van der Waals surface area (Å²) in [5.41, 5.74) is 0.973. The third-order valence-corrected chi connectivity index (χ3v) is 5.83. The molecule has 7 atom stereocenters. The van der Waals surface area contributed by atoms with Gasteiger partial charge in [0.15, 0.2) is 0 Å². The average molecular weight is 364 g/mol. The lowest BCUT2D eigenvalue weighted by atomic mass is 9.79. The number of ether oxygens (including phenoxy) is 3. The maximum atomic E-state index is 12.1. The van der Waals surface area contributed by atoms with E-state index in [1.807, 2.05) is 0 Å². The summed E-state index contributed by atoms with van der Waals surface area (Å²) in [4.78, 5) is 34.9. The van der Waals surface area contributed by atoms with E-state index >= 15 is 0 Å². The van der Waals surface area contributed by atoms with Gasteiger partial charge in [0.05, 0.1) is 12.7 Å². The lowest BCUT2D eigenvalue weighted by Gasteiger charge is -2.30. The third kappa shape index (κ3) is 3.16. The number of carbonyl (C=O) groups excluding carboxylic acids is 3. The summed E-state index contributed by atoms with van der Waals surface area (Å²) in [7, 11) is 0. The molecule has 1 N–H and O–H groups in total. The molecule has 0 spiro atoms. The Morgan fingerprint density at radius 3 is 2.50 bits per heavy atom. The van der Waals surface area contributed by atoms with E-state index in [1.54, 1.807) is 0 Å². The van der Waals surface area contributed by atoms with E-state index in [9.17, 15) is 19.5 Å². The van der Waals surface area contributed by atoms with Crippen LogP contribution in [-0.2, 0) is 28.6 Å². The Labute approximate surface area is 152 Å². The second-order valence-electron chi connectivity index (χ2n) is 7.36. The minimum absolute atomic E-state index is 0.0467. The highest BCUT2D eigenvalue weighted by Crippen LogP contribution is 2.53. The van der Waals surface area contributed by atoms with Crippen LogP contribution >= 0.6 is 0 Å². The van der Waals surface area contributed by atoms with Crippen molar-refractivity contribution in [1.82, 2.24) is 0 Å². The molecule has 3 fully saturated rings. The first kappa shape index (κ1) is 18.6. The molecule has 3 rings (SSSR count). The molecule has 3 aliphatic rings. The van der Waals surface area contributed by atoms with Gasteiger partial charge in [-0.05, 0) is 24.3 Å². The van der Waals surface area contributed by atoms with Crippen molar-refractivity contribution in [2.45, 2.75) is 45.0 Å². The van der Waals surface area contributed by atoms with Crippen LogP contribution in [-0.4, -0.2) is 47.9 Å². The monoisotopic (exact) mass is 364 g/mol. The number of esters is 3. The van der Waals surface area contributed by atoms with E-state index in [4.69, 9.17) is 14.2 Å². The summed E-state index contributed by atoms with van der Waals surface area (Å²) in [6, 6.07) is 0. The predicted octanol–water partition coefficient (Wildman–Crippen LogP) is 1.15. The fourth-order valence-corrected chi connectivity index (χ4v) is 4.67. The molecule has 1 aliphatic heterocycles. The van der Waals surface area contributed by atoms with Crippen LogP contribution in [0.15, 0.2) is 24.3 Å². The Balaban J connectivity index is 1.98. The Kier molecular flexibility index (Phi) is 4.92. The van der Waals surface area contributed by atoms with Crippen LogP contribution in [0.25, 0.3) is 0 Å². The maximum Gasteiger partial charge on any atom is 0.334 e. The largest absolute Gasteiger partial charge is 0.465 e. The molecule has 0 aromatic carbocycles. The van der Waals surface area contributed by atoms with Gasteiger partial charge in [0.1, 0.15) is 12.2 Å². The summed E-state index contributed by atoms with van der Waals surface area (Å²) in [5, 5.41) is 10.5. The lowest BCUT2D eigenvalue weighted by molar-refractivity contribution is -0.155. The quantitative estimate of drug-likeness (QED) is 0.347. The predicted molar refractivity (Wildman–Crippen MR) is 89.5 cm³/mol. The van der Waals surface area contributed by atoms with Gasteiger partial charge in [-0.2, -0.15) is 0 Å². The van der Waals surface area contributed by atoms with Crippen molar-refractivity contribution in [3.63, 3.8) is 0 Å². The van der Waals surface area contributed by atoms with E-state index in [2.05, 4.69) is 13.2 Å². The zero-order valence-corrected chi connectivity index (χ0v) is 15.0. The van der Waals surface area contributed by atoms with Crippen LogP contribution in [0.3, 0.4) is 0 Å². The van der Waals surface area contributed by atoms with Crippen LogP contribution < -0.4 is 0 Å². The zero-order chi connectivity index (χ0) is 19.2. The minimum Gasteiger partial charge on any atom is -0.465 e. The molecule has 0 aromatic rings. The molecule has 0 amide bonds. The molecule has 2 saturated carbocycles. The molecule has 26 heavy (non-hydrogen) atoms. The molecular formula is C19H24O7. The fraction of sp³-hybridized carbons (Fsp3) is 0.632. The maximum absolute atomic E-state index is 12.1. The molecule has 7 heteroatoms. The van der Waals surface area contributed by atoms with Gasteiger partial charge in [0.2, 0.25) is 0 Å². The summed E-state index contributed by atoms with van der Waals surface area (Å²) in [6.07, 6.45) is -1.04. The van der Waals surface area contributed by atoms with E-state index in [0.29, 0.717) is 24.0 Å². The summed E-state index contributed by atoms with van der Waals surface area (Å²) in [6.45, 7) is 10.5. The number of hydrogen-bond donors (Lipinski definition) is 1. The zero-order valence-electron chi connectivity index (χ0n) is 15.0. The van der Waals surface area contributed by atoms with E-state index in [-0.39, 0.29) is 30.3 Å². The van der Waals surface area contributed by atoms with Crippen molar-refractivity contribution in [3.8, 4) is 0 Å². The second-order valence-corrected chi connectivity index (χ2v) is 7.36. The first-order valence-corrected chi connectivity index (χ1v) is 8.77. The van der Waals surface area contributed by atoms with Crippen molar-refractivity contribution in [2.75, 3.05) is 6.61 Å². The van der Waals surface area contributed by atoms with Gasteiger partial charge in [-0.1, -0.05) is 13.2 Å². The SMILES string of the molecule is C=C1C(=O)O[C@@H]2[C@@H]3[C@H](COC(C)=O)[C@@H](OC(C)=O)C[C@H]3C(=C)[C@@H](O)C[C@@H]12. The van der Waals surface area contributed by atoms with E-state index in [0.717, 1.165) is 0 Å². The number of aliphatic hydroxyl groups excluding tert-OH is 1. The van der Waals surface area contributed by atoms with Crippen molar-refractivity contribution in [3.05, 3.63) is 24.3 Å². The Bertz CT molecular complexity index is 667. The molecule has 0 bridgehead atoms. The van der Waals surface area contributed by atoms with E-state index in [1.165, 1.54) is 13.8 Å². The topological polar surface area (TPSA) is 99.1 Å². The highest BCUT2D eigenvalue weighted by Gasteiger charge is 2.58. The van der Waals surface area contributed by atoms with Crippen LogP contribution in [0.1, 0.15) is 26.7 Å². The highest BCUT2D eigenvalue weighted by atomic mass is 16.6. The standard InChI is InChI=1S/C19H24O7/c1-8-12-6-16(25-11(4)21)14(7-24-10(3)20)17(12)18-13(5-15(8)22)9(2)19(23)26-18/h12-18,22H,1-2,5-7H2,3-4H3/t12-,13-,14+,15-,16-,17-,18-/m0/s1. The number of rotatable bonds is 3. The highest BCUT2D eigenvalue weighted by molar-refractivity contribution is 5.91. The van der Waals surface area contributed by atoms with Gasteiger partial charge >= 0.3 is 17.9 Å².